The second-order valence-electron chi connectivity index (χ2n) is 5.19. The zero-order chi connectivity index (χ0) is 14.1. The molecule has 1 aliphatic carbocycles. The first kappa shape index (κ1) is 14.4. The summed E-state index contributed by atoms with van der Waals surface area (Å²) >= 11 is 0. The minimum absolute atomic E-state index is 0.170. The number of nitrogens with one attached hydrogen (secondary N) is 1. The van der Waals surface area contributed by atoms with Crippen molar-refractivity contribution in [2.24, 2.45) is 0 Å². The summed E-state index contributed by atoms with van der Waals surface area (Å²) in [5.74, 6) is 0. The molecule has 0 bridgehead atoms. The molecule has 2 rings (SSSR count). The summed E-state index contributed by atoms with van der Waals surface area (Å²) in [5, 5.41) is 6.97. The van der Waals surface area contributed by atoms with Crippen LogP contribution in [0.15, 0.2) is 12.3 Å². The zero-order valence-corrected chi connectivity index (χ0v) is 11.3. The minimum Gasteiger partial charge on any atom is -0.298 e. The fourth-order valence-corrected chi connectivity index (χ4v) is 2.28. The average molecular weight is 275 g/mol. The zero-order valence-electron chi connectivity index (χ0n) is 11.3. The average Bonchev–Trinajstić information content (AvgIpc) is 3.02. The van der Waals surface area contributed by atoms with Crippen molar-refractivity contribution in [3.8, 4) is 0 Å². The summed E-state index contributed by atoms with van der Waals surface area (Å²) in [4.78, 5) is 0. The molecule has 0 amide bonds. The Labute approximate surface area is 111 Å². The molecule has 1 saturated carbocycles. The molecule has 1 aromatic heterocycles. The molecule has 1 heterocycles. The van der Waals surface area contributed by atoms with Gasteiger partial charge in [-0.05, 0) is 31.7 Å². The maximum absolute atomic E-state index is 12.8. The lowest BCUT2D eigenvalue weighted by Crippen LogP contribution is -2.44. The van der Waals surface area contributed by atoms with Crippen molar-refractivity contribution in [2.45, 2.75) is 63.8 Å². The van der Waals surface area contributed by atoms with Gasteiger partial charge in [-0.1, -0.05) is 13.8 Å². The normalized spacial score (nSPS) is 18.0. The Morgan fingerprint density at radius 2 is 2.00 bits per heavy atom. The van der Waals surface area contributed by atoms with Crippen molar-refractivity contribution in [3.05, 3.63) is 18.0 Å². The van der Waals surface area contributed by atoms with Crippen molar-refractivity contribution in [3.63, 3.8) is 0 Å². The van der Waals surface area contributed by atoms with Gasteiger partial charge in [-0.3, -0.25) is 10.00 Å². The van der Waals surface area contributed by atoms with Gasteiger partial charge >= 0.3 is 6.18 Å². The van der Waals surface area contributed by atoms with Crippen LogP contribution in [0.3, 0.4) is 0 Å². The first-order chi connectivity index (χ1) is 8.92. The van der Waals surface area contributed by atoms with Gasteiger partial charge in [-0.25, -0.2) is 0 Å². The first-order valence-corrected chi connectivity index (χ1v) is 6.77. The molecule has 0 spiro atoms. The van der Waals surface area contributed by atoms with Crippen LogP contribution in [0.4, 0.5) is 13.2 Å². The lowest BCUT2D eigenvalue weighted by atomic mass is 10.2. The van der Waals surface area contributed by atoms with Crippen LogP contribution in [0.2, 0.25) is 0 Å². The highest BCUT2D eigenvalue weighted by Gasteiger charge is 2.62. The highest BCUT2D eigenvalue weighted by Crippen LogP contribution is 2.49. The van der Waals surface area contributed by atoms with Crippen LogP contribution in [-0.4, -0.2) is 21.5 Å². The molecule has 0 unspecified atom stereocenters. The minimum atomic E-state index is -4.16. The molecule has 1 aromatic rings. The molecule has 6 heteroatoms. The molecule has 0 saturated heterocycles. The summed E-state index contributed by atoms with van der Waals surface area (Å²) in [5.41, 5.74) is -0.992. The molecule has 0 aliphatic heterocycles. The van der Waals surface area contributed by atoms with Crippen LogP contribution in [-0.2, 0) is 6.54 Å². The molecular weight excluding hydrogens is 255 g/mol. The van der Waals surface area contributed by atoms with E-state index >= 15 is 0 Å². The highest BCUT2D eigenvalue weighted by atomic mass is 19.4. The van der Waals surface area contributed by atoms with E-state index in [9.17, 15) is 13.2 Å². The molecule has 0 atom stereocenters. The quantitative estimate of drug-likeness (QED) is 0.862. The topological polar surface area (TPSA) is 29.9 Å². The Morgan fingerprint density at radius 1 is 1.37 bits per heavy atom. The number of nitrogens with zero attached hydrogens (tertiary/aromatic N) is 2. The maximum Gasteiger partial charge on any atom is 0.406 e. The Kier molecular flexibility index (Phi) is 3.90. The van der Waals surface area contributed by atoms with Gasteiger partial charge in [0.2, 0.25) is 0 Å². The Balaban J connectivity index is 1.94. The van der Waals surface area contributed by atoms with Crippen molar-refractivity contribution < 1.29 is 13.2 Å². The first-order valence-electron chi connectivity index (χ1n) is 6.77. The SMILES string of the molecule is CCC(CC)n1ccc(CNC2(C(F)(F)F)CC2)n1. The monoisotopic (exact) mass is 275 g/mol. The Morgan fingerprint density at radius 3 is 2.47 bits per heavy atom. The van der Waals surface area contributed by atoms with Crippen LogP contribution in [0.1, 0.15) is 51.3 Å². The third-order valence-corrected chi connectivity index (χ3v) is 3.88. The van der Waals surface area contributed by atoms with Crippen molar-refractivity contribution in [2.75, 3.05) is 0 Å². The van der Waals surface area contributed by atoms with E-state index in [0.29, 0.717) is 11.7 Å². The molecule has 1 aliphatic rings. The third kappa shape index (κ3) is 2.94. The fourth-order valence-electron chi connectivity index (χ4n) is 2.28. The summed E-state index contributed by atoms with van der Waals surface area (Å²) in [6, 6.07) is 2.11. The van der Waals surface area contributed by atoms with E-state index < -0.39 is 11.7 Å². The van der Waals surface area contributed by atoms with Crippen LogP contribution in [0.25, 0.3) is 0 Å². The summed E-state index contributed by atoms with van der Waals surface area (Å²) in [6.07, 6.45) is -0.0324. The molecule has 3 nitrogen and oxygen atoms in total. The number of hydrogen-bond donors (Lipinski definition) is 1. The second-order valence-corrected chi connectivity index (χ2v) is 5.19. The number of hydrogen-bond acceptors (Lipinski definition) is 2. The fraction of sp³-hybridized carbons (Fsp3) is 0.769. The molecule has 1 N–H and O–H groups in total. The number of alkyl halides is 3. The van der Waals surface area contributed by atoms with E-state index in [1.165, 1.54) is 0 Å². The lowest BCUT2D eigenvalue weighted by molar-refractivity contribution is -0.166. The van der Waals surface area contributed by atoms with Crippen LogP contribution in [0.5, 0.6) is 0 Å². The van der Waals surface area contributed by atoms with E-state index in [0.717, 1.165) is 12.8 Å². The molecule has 108 valence electrons. The maximum atomic E-state index is 12.8. The molecule has 1 fully saturated rings. The largest absolute Gasteiger partial charge is 0.406 e. The predicted octanol–water partition coefficient (Wildman–Crippen LogP) is 3.43. The van der Waals surface area contributed by atoms with Gasteiger partial charge in [0.1, 0.15) is 5.54 Å². The molecule has 0 radical (unpaired) electrons. The van der Waals surface area contributed by atoms with E-state index in [1.807, 2.05) is 10.9 Å². The standard InChI is InChI=1S/C13H20F3N3/c1-3-11(4-2)19-8-5-10(18-19)9-17-12(6-7-12)13(14,15)16/h5,8,11,17H,3-4,6-7,9H2,1-2H3. The van der Waals surface area contributed by atoms with Gasteiger partial charge in [0.15, 0.2) is 0 Å². The number of halogens is 3. The van der Waals surface area contributed by atoms with E-state index in [-0.39, 0.29) is 19.4 Å². The van der Waals surface area contributed by atoms with Crippen molar-refractivity contribution in [1.82, 2.24) is 15.1 Å². The third-order valence-electron chi connectivity index (χ3n) is 3.88. The van der Waals surface area contributed by atoms with Gasteiger partial charge < -0.3 is 0 Å². The van der Waals surface area contributed by atoms with Gasteiger partial charge in [-0.15, -0.1) is 0 Å². The number of aromatic nitrogens is 2. The predicted molar refractivity (Wildman–Crippen MR) is 66.7 cm³/mol. The van der Waals surface area contributed by atoms with Crippen molar-refractivity contribution in [1.29, 1.82) is 0 Å². The molecule has 19 heavy (non-hydrogen) atoms. The molecular formula is C13H20F3N3. The van der Waals surface area contributed by atoms with Crippen LogP contribution >= 0.6 is 0 Å². The molecule has 0 aromatic carbocycles. The van der Waals surface area contributed by atoms with Crippen molar-refractivity contribution >= 4 is 0 Å². The van der Waals surface area contributed by atoms with Gasteiger partial charge in [0.25, 0.3) is 0 Å². The van der Waals surface area contributed by atoms with Crippen LogP contribution in [0, 0.1) is 0 Å². The summed E-state index contributed by atoms with van der Waals surface area (Å²) in [7, 11) is 0. The Hall–Kier alpha value is -1.04. The van der Waals surface area contributed by atoms with E-state index in [2.05, 4.69) is 24.3 Å². The van der Waals surface area contributed by atoms with Gasteiger partial charge in [-0.2, -0.15) is 18.3 Å². The second kappa shape index (κ2) is 5.15. The summed E-state index contributed by atoms with van der Waals surface area (Å²) < 4.78 is 40.1. The van der Waals surface area contributed by atoms with Crippen LogP contribution < -0.4 is 5.32 Å². The van der Waals surface area contributed by atoms with E-state index in [1.54, 1.807) is 6.07 Å². The smallest absolute Gasteiger partial charge is 0.298 e. The van der Waals surface area contributed by atoms with Gasteiger partial charge in [0.05, 0.1) is 11.7 Å². The highest BCUT2D eigenvalue weighted by molar-refractivity contribution is 5.10. The lowest BCUT2D eigenvalue weighted by Gasteiger charge is -2.20. The number of rotatable bonds is 6. The summed E-state index contributed by atoms with van der Waals surface area (Å²) in [6.45, 7) is 4.33. The van der Waals surface area contributed by atoms with Gasteiger partial charge in [0, 0.05) is 12.7 Å². The van der Waals surface area contributed by atoms with E-state index in [4.69, 9.17) is 0 Å². The Bertz CT molecular complexity index is 417.